The second-order valence-corrected chi connectivity index (χ2v) is 8.25. The normalized spacial score (nSPS) is 17.0. The van der Waals surface area contributed by atoms with Gasteiger partial charge >= 0.3 is 0 Å². The van der Waals surface area contributed by atoms with Crippen LogP contribution in [0.3, 0.4) is 0 Å². The Morgan fingerprint density at radius 1 is 1.12 bits per heavy atom. The van der Waals surface area contributed by atoms with Crippen molar-refractivity contribution in [3.05, 3.63) is 71.7 Å². The molecule has 134 valence electrons. The summed E-state index contributed by atoms with van der Waals surface area (Å²) in [7, 11) is -3.59. The first-order chi connectivity index (χ1) is 12.5. The zero-order valence-corrected chi connectivity index (χ0v) is 15.3. The number of benzene rings is 2. The van der Waals surface area contributed by atoms with E-state index in [2.05, 4.69) is 15.8 Å². The van der Waals surface area contributed by atoms with Gasteiger partial charge in [0.1, 0.15) is 0 Å². The fourth-order valence-corrected chi connectivity index (χ4v) is 4.67. The van der Waals surface area contributed by atoms with Gasteiger partial charge in [0, 0.05) is 18.5 Å². The molecule has 0 amide bonds. The molecule has 1 atom stereocenters. The molecule has 1 aromatic heterocycles. The average Bonchev–Trinajstić information content (AvgIpc) is 3.08. The van der Waals surface area contributed by atoms with E-state index in [-0.39, 0.29) is 10.9 Å². The Kier molecular flexibility index (Phi) is 4.38. The van der Waals surface area contributed by atoms with Crippen molar-refractivity contribution in [1.29, 1.82) is 0 Å². The molecule has 1 N–H and O–H groups in total. The van der Waals surface area contributed by atoms with Crippen LogP contribution in [0.25, 0.3) is 11.3 Å². The van der Waals surface area contributed by atoms with Crippen molar-refractivity contribution in [3.63, 3.8) is 0 Å². The van der Waals surface area contributed by atoms with Crippen molar-refractivity contribution in [3.8, 4) is 11.3 Å². The quantitative estimate of drug-likeness (QED) is 0.755. The van der Waals surface area contributed by atoms with Gasteiger partial charge in [0.2, 0.25) is 10.0 Å². The van der Waals surface area contributed by atoms with Gasteiger partial charge in [0.05, 0.1) is 11.1 Å². The van der Waals surface area contributed by atoms with E-state index in [0.29, 0.717) is 11.7 Å². The van der Waals surface area contributed by atoms with E-state index in [1.54, 1.807) is 37.4 Å². The Bertz CT molecular complexity index is 1020. The third-order valence-corrected chi connectivity index (χ3v) is 6.22. The van der Waals surface area contributed by atoms with Crippen LogP contribution >= 0.6 is 0 Å². The molecule has 2 aromatic carbocycles. The molecule has 0 fully saturated rings. The molecule has 0 spiro atoms. The van der Waals surface area contributed by atoms with Gasteiger partial charge in [-0.1, -0.05) is 24.3 Å². The molecule has 0 saturated carbocycles. The number of oxazole rings is 1. The number of nitrogens with one attached hydrogen (secondary N) is 1. The van der Waals surface area contributed by atoms with Crippen LogP contribution in [-0.2, 0) is 16.4 Å². The predicted octanol–water partition coefficient (Wildman–Crippen LogP) is 4.01. The van der Waals surface area contributed by atoms with Gasteiger partial charge in [0.25, 0.3) is 0 Å². The SMILES string of the molecule is Cc1ncc(-c2ccc(S(=O)(=O)N[C@@H]3CCCc4ccccc43)cc2)o1. The fourth-order valence-electron chi connectivity index (χ4n) is 3.42. The zero-order chi connectivity index (χ0) is 18.1. The smallest absolute Gasteiger partial charge is 0.241 e. The van der Waals surface area contributed by atoms with Crippen molar-refractivity contribution in [2.45, 2.75) is 37.1 Å². The van der Waals surface area contributed by atoms with Crippen molar-refractivity contribution in [2.75, 3.05) is 0 Å². The van der Waals surface area contributed by atoms with Crippen molar-refractivity contribution < 1.29 is 12.8 Å². The minimum Gasteiger partial charge on any atom is -0.441 e. The molecule has 1 aliphatic rings. The van der Waals surface area contributed by atoms with Crippen LogP contribution in [0.4, 0.5) is 0 Å². The Balaban J connectivity index is 1.58. The summed E-state index contributed by atoms with van der Waals surface area (Å²) in [6.45, 7) is 1.77. The molecular weight excluding hydrogens is 348 g/mol. The molecule has 0 saturated heterocycles. The molecule has 0 bridgehead atoms. The number of sulfonamides is 1. The summed E-state index contributed by atoms with van der Waals surface area (Å²) >= 11 is 0. The molecule has 26 heavy (non-hydrogen) atoms. The summed E-state index contributed by atoms with van der Waals surface area (Å²) in [6.07, 6.45) is 4.43. The van der Waals surface area contributed by atoms with Gasteiger partial charge in [-0.15, -0.1) is 0 Å². The van der Waals surface area contributed by atoms with E-state index in [1.165, 1.54) is 5.56 Å². The first kappa shape index (κ1) is 17.0. The molecule has 0 unspecified atom stereocenters. The zero-order valence-electron chi connectivity index (χ0n) is 14.5. The molecule has 3 aromatic rings. The largest absolute Gasteiger partial charge is 0.441 e. The van der Waals surface area contributed by atoms with E-state index in [0.717, 1.165) is 30.4 Å². The van der Waals surface area contributed by atoms with Crippen molar-refractivity contribution >= 4 is 10.0 Å². The van der Waals surface area contributed by atoms with Gasteiger partial charge in [-0.05, 0) is 54.7 Å². The minimum absolute atomic E-state index is 0.179. The highest BCUT2D eigenvalue weighted by molar-refractivity contribution is 7.89. The number of hydrogen-bond donors (Lipinski definition) is 1. The summed E-state index contributed by atoms with van der Waals surface area (Å²) in [5.41, 5.74) is 3.10. The predicted molar refractivity (Wildman–Crippen MR) is 99.1 cm³/mol. The second-order valence-electron chi connectivity index (χ2n) is 6.53. The second kappa shape index (κ2) is 6.70. The number of aryl methyl sites for hydroxylation is 2. The number of aromatic nitrogens is 1. The molecular formula is C20H20N2O3S. The van der Waals surface area contributed by atoms with Crippen LogP contribution in [0.5, 0.6) is 0 Å². The van der Waals surface area contributed by atoms with Gasteiger partial charge < -0.3 is 4.42 Å². The van der Waals surface area contributed by atoms with Crippen LogP contribution in [0.15, 0.2) is 64.0 Å². The first-order valence-electron chi connectivity index (χ1n) is 8.66. The Hall–Kier alpha value is -2.44. The lowest BCUT2D eigenvalue weighted by Crippen LogP contribution is -2.31. The Morgan fingerprint density at radius 3 is 2.62 bits per heavy atom. The third-order valence-electron chi connectivity index (χ3n) is 4.74. The number of fused-ring (bicyclic) bond motifs is 1. The fraction of sp³-hybridized carbons (Fsp3) is 0.250. The van der Waals surface area contributed by atoms with E-state index in [9.17, 15) is 8.42 Å². The van der Waals surface area contributed by atoms with Crippen LogP contribution in [0.2, 0.25) is 0 Å². The van der Waals surface area contributed by atoms with Crippen LogP contribution in [-0.4, -0.2) is 13.4 Å². The van der Waals surface area contributed by atoms with Gasteiger partial charge in [0.15, 0.2) is 11.7 Å². The van der Waals surface area contributed by atoms with Crippen molar-refractivity contribution in [1.82, 2.24) is 9.71 Å². The minimum atomic E-state index is -3.59. The van der Waals surface area contributed by atoms with Gasteiger partial charge in [-0.3, -0.25) is 0 Å². The maximum absolute atomic E-state index is 12.8. The lowest BCUT2D eigenvalue weighted by atomic mass is 9.88. The summed E-state index contributed by atoms with van der Waals surface area (Å²) < 4.78 is 34.0. The maximum atomic E-state index is 12.8. The van der Waals surface area contributed by atoms with E-state index in [1.807, 2.05) is 18.2 Å². The third kappa shape index (κ3) is 3.30. The van der Waals surface area contributed by atoms with E-state index in [4.69, 9.17) is 4.42 Å². The van der Waals surface area contributed by atoms with Gasteiger partial charge in [-0.2, -0.15) is 0 Å². The lowest BCUT2D eigenvalue weighted by Gasteiger charge is -2.26. The number of rotatable bonds is 4. The van der Waals surface area contributed by atoms with Crippen LogP contribution in [0.1, 0.15) is 35.9 Å². The van der Waals surface area contributed by atoms with Gasteiger partial charge in [-0.25, -0.2) is 18.1 Å². The lowest BCUT2D eigenvalue weighted by molar-refractivity contribution is 0.507. The highest BCUT2D eigenvalue weighted by Gasteiger charge is 2.25. The molecule has 4 rings (SSSR count). The molecule has 1 aliphatic carbocycles. The molecule has 0 aliphatic heterocycles. The summed E-state index contributed by atoms with van der Waals surface area (Å²) in [4.78, 5) is 4.32. The topological polar surface area (TPSA) is 72.2 Å². The molecule has 6 heteroatoms. The molecule has 0 radical (unpaired) electrons. The van der Waals surface area contributed by atoms with E-state index >= 15 is 0 Å². The molecule has 5 nitrogen and oxygen atoms in total. The number of nitrogens with zero attached hydrogens (tertiary/aromatic N) is 1. The highest BCUT2D eigenvalue weighted by Crippen LogP contribution is 2.31. The molecule has 1 heterocycles. The van der Waals surface area contributed by atoms with E-state index < -0.39 is 10.0 Å². The maximum Gasteiger partial charge on any atom is 0.241 e. The summed E-state index contributed by atoms with van der Waals surface area (Å²) in [6, 6.07) is 14.5. The monoisotopic (exact) mass is 368 g/mol. The summed E-state index contributed by atoms with van der Waals surface area (Å²) in [5.74, 6) is 1.20. The highest BCUT2D eigenvalue weighted by atomic mass is 32.2. The first-order valence-corrected chi connectivity index (χ1v) is 10.1. The van der Waals surface area contributed by atoms with Crippen molar-refractivity contribution in [2.24, 2.45) is 0 Å². The number of hydrogen-bond acceptors (Lipinski definition) is 4. The Morgan fingerprint density at radius 2 is 1.88 bits per heavy atom. The Labute approximate surface area is 153 Å². The summed E-state index contributed by atoms with van der Waals surface area (Å²) in [5, 5.41) is 0. The van der Waals surface area contributed by atoms with Crippen LogP contribution in [0, 0.1) is 6.92 Å². The average molecular weight is 368 g/mol. The van der Waals surface area contributed by atoms with Crippen LogP contribution < -0.4 is 4.72 Å². The standard InChI is InChI=1S/C20H20N2O3S/c1-14-21-13-20(25-14)16-9-11-17(12-10-16)26(23,24)22-19-8-4-6-15-5-2-3-7-18(15)19/h2-3,5,7,9-13,19,22H,4,6,8H2,1H3/t19-/m1/s1.